The summed E-state index contributed by atoms with van der Waals surface area (Å²) in [5.41, 5.74) is 5.71. The first kappa shape index (κ1) is 14.5. The van der Waals surface area contributed by atoms with E-state index in [9.17, 15) is 0 Å². The number of ether oxygens (including phenoxy) is 1. The van der Waals surface area contributed by atoms with Gasteiger partial charge in [0, 0.05) is 12.6 Å². The Morgan fingerprint density at radius 1 is 1.25 bits per heavy atom. The molecule has 106 valence electrons. The molecule has 0 aliphatic carbocycles. The number of anilines is 2. The fraction of sp³-hybridized carbons (Fsp3) is 0.286. The van der Waals surface area contributed by atoms with E-state index in [1.54, 1.807) is 6.07 Å². The Kier molecular flexibility index (Phi) is 5.49. The van der Waals surface area contributed by atoms with E-state index in [0.717, 1.165) is 24.5 Å². The van der Waals surface area contributed by atoms with Gasteiger partial charge in [0.05, 0.1) is 6.61 Å². The lowest BCUT2D eigenvalue weighted by Gasteiger charge is -2.08. The van der Waals surface area contributed by atoms with Crippen molar-refractivity contribution in [1.82, 2.24) is 9.97 Å². The lowest BCUT2D eigenvalue weighted by atomic mass is 10.3. The Morgan fingerprint density at radius 3 is 2.80 bits per heavy atom. The monoisotopic (exact) mass is 290 g/mol. The van der Waals surface area contributed by atoms with Crippen molar-refractivity contribution in [2.24, 2.45) is 0 Å². The molecule has 0 saturated heterocycles. The molecule has 3 N–H and O–H groups in total. The maximum absolute atomic E-state index is 5.71. The van der Waals surface area contributed by atoms with Crippen LogP contribution in [-0.2, 0) is 0 Å². The molecule has 0 saturated carbocycles. The number of aromatic nitrogens is 2. The zero-order valence-electron chi connectivity index (χ0n) is 11.4. The number of rotatable bonds is 7. The molecule has 0 unspecified atom stereocenters. The Morgan fingerprint density at radius 2 is 2.05 bits per heavy atom. The second-order valence-electron chi connectivity index (χ2n) is 4.11. The average Bonchev–Trinajstić information content (AvgIpc) is 2.47. The number of nitrogens with one attached hydrogen (secondary N) is 1. The molecule has 0 spiro atoms. The summed E-state index contributed by atoms with van der Waals surface area (Å²) in [5, 5.41) is 3.90. The number of hydrogen-bond acceptors (Lipinski definition) is 6. The maximum atomic E-state index is 5.71. The van der Waals surface area contributed by atoms with Gasteiger partial charge in [-0.15, -0.1) is 0 Å². The molecule has 6 heteroatoms. The topological polar surface area (TPSA) is 73.1 Å². The number of thioether (sulfide) groups is 1. The Balaban J connectivity index is 1.72. The van der Waals surface area contributed by atoms with Crippen molar-refractivity contribution < 1.29 is 4.74 Å². The first-order valence-electron chi connectivity index (χ1n) is 6.38. The molecule has 2 rings (SSSR count). The van der Waals surface area contributed by atoms with Gasteiger partial charge in [-0.2, -0.15) is 0 Å². The van der Waals surface area contributed by atoms with Gasteiger partial charge in [0.25, 0.3) is 0 Å². The molecule has 1 heterocycles. The van der Waals surface area contributed by atoms with E-state index in [0.29, 0.717) is 17.6 Å². The van der Waals surface area contributed by atoms with Crippen LogP contribution in [0.3, 0.4) is 0 Å². The van der Waals surface area contributed by atoms with Gasteiger partial charge >= 0.3 is 0 Å². The summed E-state index contributed by atoms with van der Waals surface area (Å²) in [4.78, 5) is 8.43. The molecule has 0 atom stereocenters. The molecule has 5 nitrogen and oxygen atoms in total. The fourth-order valence-electron chi connectivity index (χ4n) is 1.62. The lowest BCUT2D eigenvalue weighted by molar-refractivity contribution is 0.315. The van der Waals surface area contributed by atoms with Crippen molar-refractivity contribution in [3.05, 3.63) is 36.4 Å². The quantitative estimate of drug-likeness (QED) is 0.464. The predicted molar refractivity (Wildman–Crippen MR) is 83.3 cm³/mol. The Bertz CT molecular complexity index is 536. The molecule has 2 aromatic rings. The van der Waals surface area contributed by atoms with Crippen molar-refractivity contribution in [3.63, 3.8) is 0 Å². The summed E-state index contributed by atoms with van der Waals surface area (Å²) in [5.74, 6) is 2.12. The minimum atomic E-state index is 0.479. The molecule has 0 aliphatic heterocycles. The van der Waals surface area contributed by atoms with E-state index in [1.165, 1.54) is 11.8 Å². The number of benzene rings is 1. The summed E-state index contributed by atoms with van der Waals surface area (Å²) in [7, 11) is 0. The highest BCUT2D eigenvalue weighted by Gasteiger charge is 2.01. The molecular formula is C14H18N4OS. The van der Waals surface area contributed by atoms with Gasteiger partial charge in [-0.3, -0.25) is 0 Å². The van der Waals surface area contributed by atoms with Gasteiger partial charge < -0.3 is 15.8 Å². The molecule has 0 fully saturated rings. The number of nitrogens with zero attached hydrogens (tertiary/aromatic N) is 2. The number of para-hydroxylation sites is 1. The summed E-state index contributed by atoms with van der Waals surface area (Å²) < 4.78 is 5.61. The molecule has 0 amide bonds. The van der Waals surface area contributed by atoms with Crippen LogP contribution in [0.1, 0.15) is 6.42 Å². The third-order valence-corrected chi connectivity index (χ3v) is 3.09. The minimum Gasteiger partial charge on any atom is -0.494 e. The molecule has 20 heavy (non-hydrogen) atoms. The van der Waals surface area contributed by atoms with Crippen LogP contribution >= 0.6 is 11.8 Å². The zero-order chi connectivity index (χ0) is 14.2. The fourth-order valence-corrected chi connectivity index (χ4v) is 2.01. The number of hydrogen-bond donors (Lipinski definition) is 2. The summed E-state index contributed by atoms with van der Waals surface area (Å²) in [6.45, 7) is 1.43. The van der Waals surface area contributed by atoms with E-state index in [1.807, 2.05) is 36.6 Å². The van der Waals surface area contributed by atoms with Crippen molar-refractivity contribution in [2.75, 3.05) is 30.5 Å². The van der Waals surface area contributed by atoms with Gasteiger partial charge in [0.15, 0.2) is 5.16 Å². The van der Waals surface area contributed by atoms with Gasteiger partial charge in [0.1, 0.15) is 17.4 Å². The van der Waals surface area contributed by atoms with Crippen LogP contribution in [0.25, 0.3) is 0 Å². The third kappa shape index (κ3) is 4.62. The highest BCUT2D eigenvalue weighted by atomic mass is 32.2. The largest absolute Gasteiger partial charge is 0.494 e. The van der Waals surface area contributed by atoms with Crippen molar-refractivity contribution >= 4 is 23.4 Å². The molecule has 1 aromatic carbocycles. The van der Waals surface area contributed by atoms with Crippen molar-refractivity contribution in [3.8, 4) is 5.75 Å². The van der Waals surface area contributed by atoms with Gasteiger partial charge in [-0.05, 0) is 24.8 Å². The van der Waals surface area contributed by atoms with Crippen LogP contribution < -0.4 is 15.8 Å². The van der Waals surface area contributed by atoms with Gasteiger partial charge in [0.2, 0.25) is 0 Å². The molecule has 0 aliphatic rings. The van der Waals surface area contributed by atoms with E-state index in [-0.39, 0.29) is 0 Å². The zero-order valence-corrected chi connectivity index (χ0v) is 12.2. The maximum Gasteiger partial charge on any atom is 0.191 e. The second kappa shape index (κ2) is 7.59. The van der Waals surface area contributed by atoms with Crippen LogP contribution in [-0.4, -0.2) is 29.4 Å². The molecule has 1 aromatic heterocycles. The molecule has 0 bridgehead atoms. The number of nitrogens with two attached hydrogens (primary N) is 1. The third-order valence-electron chi connectivity index (χ3n) is 2.55. The van der Waals surface area contributed by atoms with E-state index < -0.39 is 0 Å². The Hall–Kier alpha value is -1.95. The highest BCUT2D eigenvalue weighted by Crippen LogP contribution is 2.15. The van der Waals surface area contributed by atoms with Crippen molar-refractivity contribution in [2.45, 2.75) is 11.6 Å². The Labute approximate surface area is 123 Å². The molecule has 0 radical (unpaired) electrons. The van der Waals surface area contributed by atoms with E-state index in [2.05, 4.69) is 15.3 Å². The highest BCUT2D eigenvalue weighted by molar-refractivity contribution is 7.98. The summed E-state index contributed by atoms with van der Waals surface area (Å²) in [6, 6.07) is 11.5. The molecular weight excluding hydrogens is 272 g/mol. The van der Waals surface area contributed by atoms with Gasteiger partial charge in [-0.25, -0.2) is 9.97 Å². The van der Waals surface area contributed by atoms with Crippen LogP contribution in [0.5, 0.6) is 5.75 Å². The number of nitrogen functional groups attached to an aromatic ring is 1. The predicted octanol–water partition coefficient (Wildman–Crippen LogP) is 2.66. The second-order valence-corrected chi connectivity index (χ2v) is 4.88. The SMILES string of the molecule is CSc1nc(N)cc(NCCCOc2ccccc2)n1. The van der Waals surface area contributed by atoms with Crippen LogP contribution in [0.2, 0.25) is 0 Å². The first-order chi connectivity index (χ1) is 9.78. The van der Waals surface area contributed by atoms with E-state index >= 15 is 0 Å². The summed E-state index contributed by atoms with van der Waals surface area (Å²) >= 11 is 1.47. The standard InChI is InChI=1S/C14H18N4OS/c1-20-14-17-12(15)10-13(18-14)16-8-5-9-19-11-6-3-2-4-7-11/h2-4,6-7,10H,5,8-9H2,1H3,(H3,15,16,17,18). The van der Waals surface area contributed by atoms with Gasteiger partial charge in [-0.1, -0.05) is 30.0 Å². The van der Waals surface area contributed by atoms with Crippen LogP contribution in [0, 0.1) is 0 Å². The normalized spacial score (nSPS) is 10.2. The van der Waals surface area contributed by atoms with Crippen LogP contribution in [0.4, 0.5) is 11.6 Å². The summed E-state index contributed by atoms with van der Waals surface area (Å²) in [6.07, 6.45) is 2.81. The van der Waals surface area contributed by atoms with Crippen LogP contribution in [0.15, 0.2) is 41.6 Å². The first-order valence-corrected chi connectivity index (χ1v) is 7.60. The lowest BCUT2D eigenvalue weighted by Crippen LogP contribution is -2.09. The van der Waals surface area contributed by atoms with Crippen molar-refractivity contribution in [1.29, 1.82) is 0 Å². The smallest absolute Gasteiger partial charge is 0.191 e. The average molecular weight is 290 g/mol. The minimum absolute atomic E-state index is 0.479. The van der Waals surface area contributed by atoms with E-state index in [4.69, 9.17) is 10.5 Å².